The van der Waals surface area contributed by atoms with E-state index in [-0.39, 0.29) is 26.0 Å². The molecule has 2 rings (SSSR count). The summed E-state index contributed by atoms with van der Waals surface area (Å²) >= 11 is 0. The Morgan fingerprint density at radius 3 is 2.68 bits per heavy atom. The number of amides is 1. The molecule has 2 unspecified atom stereocenters. The van der Waals surface area contributed by atoms with Crippen LogP contribution in [0.5, 0.6) is 0 Å². The fourth-order valence-corrected chi connectivity index (χ4v) is 4.80. The molecule has 1 aromatic heterocycles. The van der Waals surface area contributed by atoms with Gasteiger partial charge in [0.1, 0.15) is 6.04 Å². The highest BCUT2D eigenvalue weighted by molar-refractivity contribution is 7.51. The third kappa shape index (κ3) is 7.10. The minimum atomic E-state index is -4.04. The summed E-state index contributed by atoms with van der Waals surface area (Å²) in [6.45, 7) is 3.40. The van der Waals surface area contributed by atoms with Gasteiger partial charge in [-0.05, 0) is 11.6 Å². The lowest BCUT2D eigenvalue weighted by Crippen LogP contribution is -2.52. The third-order valence-electron chi connectivity index (χ3n) is 4.62. The lowest BCUT2D eigenvalue weighted by molar-refractivity contribution is -0.143. The van der Waals surface area contributed by atoms with Gasteiger partial charge in [0.05, 0.1) is 27.2 Å². The summed E-state index contributed by atoms with van der Waals surface area (Å²) in [4.78, 5) is 40.1. The van der Waals surface area contributed by atoms with E-state index >= 15 is 0 Å². The van der Waals surface area contributed by atoms with Gasteiger partial charge in [-0.3, -0.25) is 28.4 Å². The second-order valence-corrected chi connectivity index (χ2v) is 9.35. The molecule has 31 heavy (non-hydrogen) atoms. The molecule has 0 aromatic carbocycles. The van der Waals surface area contributed by atoms with E-state index in [1.54, 1.807) is 38.4 Å². The average Bonchev–Trinajstić information content (AvgIpc) is 2.75. The maximum absolute atomic E-state index is 13.3. The van der Waals surface area contributed by atoms with Gasteiger partial charge in [0.15, 0.2) is 6.10 Å². The number of nitrogens with zero attached hydrogens (tertiary/aromatic N) is 1. The van der Waals surface area contributed by atoms with Crippen molar-refractivity contribution in [3.05, 3.63) is 30.1 Å². The third-order valence-corrected chi connectivity index (χ3v) is 6.20. The number of nitrogens with one attached hydrogen (secondary N) is 2. The molecule has 0 radical (unpaired) electrons. The topological polar surface area (TPSA) is 142 Å². The molecule has 0 aliphatic carbocycles. The number of hydrogen-bond donors (Lipinski definition) is 2. The van der Waals surface area contributed by atoms with Gasteiger partial charge in [-0.25, -0.2) is 9.65 Å². The Morgan fingerprint density at radius 1 is 1.32 bits per heavy atom. The van der Waals surface area contributed by atoms with Gasteiger partial charge in [0.2, 0.25) is 5.91 Å². The van der Waals surface area contributed by atoms with Crippen molar-refractivity contribution >= 4 is 25.6 Å². The van der Waals surface area contributed by atoms with Crippen LogP contribution < -0.4 is 10.4 Å². The number of hydrogen-bond acceptors (Lipinski definition) is 9. The second kappa shape index (κ2) is 10.8. The minimum absolute atomic E-state index is 0.0165. The van der Waals surface area contributed by atoms with E-state index in [0.717, 1.165) is 0 Å². The number of carbonyl (C=O) groups is 3. The summed E-state index contributed by atoms with van der Waals surface area (Å²) in [7, 11) is -1.59. The van der Waals surface area contributed by atoms with Crippen LogP contribution in [0.15, 0.2) is 24.5 Å². The Morgan fingerprint density at radius 2 is 2.06 bits per heavy atom. The van der Waals surface area contributed by atoms with Crippen LogP contribution in [-0.4, -0.2) is 62.3 Å². The maximum Gasteiger partial charge on any atom is 0.407 e. The molecular weight excluding hydrogens is 429 g/mol. The monoisotopic (exact) mass is 457 g/mol. The fourth-order valence-electron chi connectivity index (χ4n) is 2.86. The zero-order valence-electron chi connectivity index (χ0n) is 18.0. The van der Waals surface area contributed by atoms with E-state index in [1.807, 2.05) is 0 Å². The smallest absolute Gasteiger partial charge is 0.407 e. The molecule has 1 aliphatic rings. The summed E-state index contributed by atoms with van der Waals surface area (Å²) in [5, 5.41) is 5.16. The first-order chi connectivity index (χ1) is 14.6. The largest absolute Gasteiger partial charge is 0.469 e. The Kier molecular flexibility index (Phi) is 8.69. The first-order valence-electron chi connectivity index (χ1n) is 9.62. The van der Waals surface area contributed by atoms with E-state index in [1.165, 1.54) is 14.2 Å². The molecule has 172 valence electrons. The van der Waals surface area contributed by atoms with Crippen LogP contribution in [0.3, 0.4) is 0 Å². The SMILES string of the molecule is COC(=O)CCNC(=O)[C@@H]1OP(=O)(NC(Cc2cccnc2)C(=O)OC)OCC1(C)C. The highest BCUT2D eigenvalue weighted by atomic mass is 31.2. The molecular formula is C19H28N3O8P. The predicted molar refractivity (Wildman–Crippen MR) is 109 cm³/mol. The first-order valence-corrected chi connectivity index (χ1v) is 11.2. The van der Waals surface area contributed by atoms with Crippen molar-refractivity contribution in [2.75, 3.05) is 27.4 Å². The Hall–Kier alpha value is -2.33. The Bertz CT molecular complexity index is 833. The van der Waals surface area contributed by atoms with Gasteiger partial charge in [-0.15, -0.1) is 0 Å². The lowest BCUT2D eigenvalue weighted by atomic mass is 9.87. The summed E-state index contributed by atoms with van der Waals surface area (Å²) in [5.74, 6) is -1.70. The number of methoxy groups -OCH3 is 2. The van der Waals surface area contributed by atoms with Crippen molar-refractivity contribution in [3.63, 3.8) is 0 Å². The van der Waals surface area contributed by atoms with E-state index in [4.69, 9.17) is 13.8 Å². The molecule has 1 amide bonds. The molecule has 0 saturated carbocycles. The molecule has 2 heterocycles. The number of ether oxygens (including phenoxy) is 2. The predicted octanol–water partition coefficient (Wildman–Crippen LogP) is 0.984. The average molecular weight is 457 g/mol. The summed E-state index contributed by atoms with van der Waals surface area (Å²) < 4.78 is 33.6. The molecule has 1 fully saturated rings. The molecule has 0 bridgehead atoms. The number of rotatable bonds is 9. The van der Waals surface area contributed by atoms with Gasteiger partial charge in [-0.2, -0.15) is 0 Å². The van der Waals surface area contributed by atoms with Gasteiger partial charge in [0, 0.05) is 30.8 Å². The van der Waals surface area contributed by atoms with Crippen LogP contribution in [-0.2, 0) is 43.9 Å². The van der Waals surface area contributed by atoms with E-state index in [9.17, 15) is 18.9 Å². The normalized spacial score (nSPS) is 23.4. The lowest BCUT2D eigenvalue weighted by Gasteiger charge is -2.40. The molecule has 11 nitrogen and oxygen atoms in total. The Labute approximate surface area is 180 Å². The number of carbonyl (C=O) groups excluding carboxylic acids is 3. The highest BCUT2D eigenvalue weighted by Crippen LogP contribution is 2.53. The van der Waals surface area contributed by atoms with Gasteiger partial charge >= 0.3 is 19.7 Å². The van der Waals surface area contributed by atoms with Crippen LogP contribution >= 0.6 is 7.75 Å². The maximum atomic E-state index is 13.3. The fraction of sp³-hybridized carbons (Fsp3) is 0.579. The van der Waals surface area contributed by atoms with Crippen molar-refractivity contribution in [1.82, 2.24) is 15.4 Å². The van der Waals surface area contributed by atoms with Crippen molar-refractivity contribution in [2.24, 2.45) is 5.41 Å². The summed E-state index contributed by atoms with van der Waals surface area (Å²) in [6.07, 6.45) is 2.12. The van der Waals surface area contributed by atoms with Crippen molar-refractivity contribution in [2.45, 2.75) is 38.8 Å². The van der Waals surface area contributed by atoms with E-state index < -0.39 is 43.2 Å². The molecule has 2 N–H and O–H groups in total. The molecule has 3 atom stereocenters. The van der Waals surface area contributed by atoms with Gasteiger partial charge in [-0.1, -0.05) is 19.9 Å². The number of esters is 2. The minimum Gasteiger partial charge on any atom is -0.469 e. The first kappa shape index (κ1) is 24.9. The molecule has 0 spiro atoms. The van der Waals surface area contributed by atoms with Crippen molar-refractivity contribution < 1.29 is 37.5 Å². The van der Waals surface area contributed by atoms with Crippen LogP contribution in [0.25, 0.3) is 0 Å². The second-order valence-electron chi connectivity index (χ2n) is 7.63. The van der Waals surface area contributed by atoms with Crippen LogP contribution in [0.2, 0.25) is 0 Å². The van der Waals surface area contributed by atoms with Crippen molar-refractivity contribution in [3.8, 4) is 0 Å². The van der Waals surface area contributed by atoms with Gasteiger partial charge < -0.3 is 14.8 Å². The molecule has 1 aliphatic heterocycles. The number of pyridine rings is 1. The molecule has 12 heteroatoms. The van der Waals surface area contributed by atoms with Gasteiger partial charge in [0.25, 0.3) is 0 Å². The molecule has 1 saturated heterocycles. The zero-order valence-corrected chi connectivity index (χ0v) is 18.8. The standard InChI is InChI=1S/C19H28N3O8P/c1-19(2)12-29-31(26,30-16(19)17(24)21-9-7-15(23)27-3)22-14(18(25)28-4)10-13-6-5-8-20-11-13/h5-6,8,11,14,16H,7,9-10,12H2,1-4H3,(H,21,24)(H,22,26)/t14?,16-,31?/m0/s1. The van der Waals surface area contributed by atoms with Crippen molar-refractivity contribution in [1.29, 1.82) is 0 Å². The summed E-state index contributed by atoms with van der Waals surface area (Å²) in [5.41, 5.74) is -0.110. The number of aromatic nitrogens is 1. The molecule has 1 aromatic rings. The summed E-state index contributed by atoms with van der Waals surface area (Å²) in [6, 6.07) is 2.41. The zero-order chi connectivity index (χ0) is 23.1. The highest BCUT2D eigenvalue weighted by Gasteiger charge is 2.49. The van der Waals surface area contributed by atoms with Crippen LogP contribution in [0.4, 0.5) is 0 Å². The van der Waals surface area contributed by atoms with Crippen LogP contribution in [0, 0.1) is 5.41 Å². The van der Waals surface area contributed by atoms with E-state index in [0.29, 0.717) is 5.56 Å². The quantitative estimate of drug-likeness (QED) is 0.407. The Balaban J connectivity index is 2.11. The van der Waals surface area contributed by atoms with Crippen LogP contribution in [0.1, 0.15) is 25.8 Å². The van der Waals surface area contributed by atoms with E-state index in [2.05, 4.69) is 20.1 Å².